The minimum absolute atomic E-state index is 0.00150. The average molecular weight is 408 g/mol. The highest BCUT2D eigenvalue weighted by Crippen LogP contribution is 2.50. The molecule has 3 rings (SSSR count). The summed E-state index contributed by atoms with van der Waals surface area (Å²) in [6.07, 6.45) is -0.759. The maximum atomic E-state index is 12.2. The van der Waals surface area contributed by atoms with E-state index in [9.17, 15) is 14.7 Å². The summed E-state index contributed by atoms with van der Waals surface area (Å²) < 4.78 is 5.05. The highest BCUT2D eigenvalue weighted by molar-refractivity contribution is 6.42. The van der Waals surface area contributed by atoms with E-state index in [4.69, 9.17) is 27.9 Å². The van der Waals surface area contributed by atoms with E-state index in [0.717, 1.165) is 11.1 Å². The highest BCUT2D eigenvalue weighted by Gasteiger charge is 2.45. The van der Waals surface area contributed by atoms with Gasteiger partial charge in [0.25, 0.3) is 0 Å². The molecule has 0 aliphatic heterocycles. The number of rotatable bonds is 7. The zero-order valence-electron chi connectivity index (χ0n) is 14.4. The van der Waals surface area contributed by atoms with Gasteiger partial charge >= 0.3 is 5.97 Å². The number of ether oxygens (including phenoxy) is 1. The van der Waals surface area contributed by atoms with Crippen molar-refractivity contribution < 1.29 is 19.4 Å². The van der Waals surface area contributed by atoms with Crippen molar-refractivity contribution in [3.63, 3.8) is 0 Å². The smallest absolute Gasteiger partial charge is 0.337 e. The van der Waals surface area contributed by atoms with Crippen molar-refractivity contribution in [2.24, 2.45) is 5.92 Å². The van der Waals surface area contributed by atoms with Gasteiger partial charge in [0.2, 0.25) is 5.91 Å². The predicted octanol–water partition coefficient (Wildman–Crippen LogP) is 3.32. The Morgan fingerprint density at radius 1 is 1.15 bits per heavy atom. The third kappa shape index (κ3) is 5.01. The van der Waals surface area contributed by atoms with Crippen LogP contribution in [0.4, 0.5) is 0 Å². The Morgan fingerprint density at radius 3 is 2.63 bits per heavy atom. The summed E-state index contributed by atoms with van der Waals surface area (Å²) in [4.78, 5) is 24.1. The summed E-state index contributed by atoms with van der Waals surface area (Å²) in [6, 6.07) is 14.5. The second-order valence-corrected chi connectivity index (χ2v) is 7.23. The first kappa shape index (κ1) is 19.7. The van der Waals surface area contributed by atoms with Crippen molar-refractivity contribution in [1.29, 1.82) is 0 Å². The minimum atomic E-state index is -1.41. The number of amides is 1. The van der Waals surface area contributed by atoms with Crippen molar-refractivity contribution in [2.45, 2.75) is 25.0 Å². The van der Waals surface area contributed by atoms with E-state index < -0.39 is 12.1 Å². The van der Waals surface area contributed by atoms with Gasteiger partial charge in [-0.3, -0.25) is 4.79 Å². The van der Waals surface area contributed by atoms with Crippen LogP contribution < -0.4 is 5.32 Å². The number of aliphatic hydroxyl groups is 1. The van der Waals surface area contributed by atoms with Gasteiger partial charge in [0.15, 0.2) is 6.10 Å². The molecule has 3 atom stereocenters. The third-order valence-electron chi connectivity index (χ3n) is 4.47. The zero-order valence-corrected chi connectivity index (χ0v) is 15.9. The van der Waals surface area contributed by atoms with Gasteiger partial charge in [0, 0.05) is 5.92 Å². The lowest BCUT2D eigenvalue weighted by Crippen LogP contribution is -2.38. The Balaban J connectivity index is 1.44. The van der Waals surface area contributed by atoms with Crippen molar-refractivity contribution in [2.75, 3.05) is 6.54 Å². The van der Waals surface area contributed by atoms with Crippen molar-refractivity contribution in [3.8, 4) is 0 Å². The standard InChI is InChI=1S/C20H19Cl2NO4/c21-16-8-4-7-13(18(16)22)14-9-15(14)19(25)23-10-17(24)20(26)27-11-12-5-2-1-3-6-12/h1-8,14-15,17,24H,9-11H2,(H,23,25). The Hall–Kier alpha value is -2.08. The average Bonchev–Trinajstić information content (AvgIpc) is 3.47. The lowest BCUT2D eigenvalue weighted by Gasteiger charge is -2.12. The van der Waals surface area contributed by atoms with E-state index in [0.29, 0.717) is 16.5 Å². The quantitative estimate of drug-likeness (QED) is 0.690. The molecule has 7 heteroatoms. The van der Waals surface area contributed by atoms with Gasteiger partial charge in [-0.15, -0.1) is 0 Å². The molecule has 1 aliphatic carbocycles. The van der Waals surface area contributed by atoms with Gasteiger partial charge in [0.1, 0.15) is 6.61 Å². The fraction of sp³-hybridized carbons (Fsp3) is 0.300. The van der Waals surface area contributed by atoms with E-state index >= 15 is 0 Å². The van der Waals surface area contributed by atoms with Gasteiger partial charge < -0.3 is 15.2 Å². The number of nitrogens with one attached hydrogen (secondary N) is 1. The molecule has 1 saturated carbocycles. The normalized spacial score (nSPS) is 19.2. The maximum Gasteiger partial charge on any atom is 0.337 e. The third-order valence-corrected chi connectivity index (χ3v) is 5.31. The van der Waals surface area contributed by atoms with E-state index in [1.54, 1.807) is 12.1 Å². The van der Waals surface area contributed by atoms with Crippen LogP contribution in [-0.4, -0.2) is 29.6 Å². The number of benzene rings is 2. The summed E-state index contributed by atoms with van der Waals surface area (Å²) in [6.45, 7) is -0.123. The van der Waals surface area contributed by atoms with Crippen LogP contribution in [0.5, 0.6) is 0 Å². The molecular weight excluding hydrogens is 389 g/mol. The van der Waals surface area contributed by atoms with Crippen LogP contribution >= 0.6 is 23.2 Å². The molecule has 2 aromatic rings. The Bertz CT molecular complexity index is 828. The molecule has 0 bridgehead atoms. The second kappa shape index (κ2) is 8.74. The van der Waals surface area contributed by atoms with Gasteiger partial charge in [-0.05, 0) is 29.5 Å². The van der Waals surface area contributed by atoms with E-state index in [2.05, 4.69) is 5.32 Å². The Labute approximate surface area is 167 Å². The van der Waals surface area contributed by atoms with Crippen molar-refractivity contribution in [3.05, 3.63) is 69.7 Å². The number of halogens is 2. The number of carbonyl (C=O) groups excluding carboxylic acids is 2. The molecule has 3 unspecified atom stereocenters. The van der Waals surface area contributed by atoms with Gasteiger partial charge in [0.05, 0.1) is 16.6 Å². The predicted molar refractivity (Wildman–Crippen MR) is 103 cm³/mol. The van der Waals surface area contributed by atoms with Crippen molar-refractivity contribution >= 4 is 35.1 Å². The highest BCUT2D eigenvalue weighted by atomic mass is 35.5. The number of esters is 1. The fourth-order valence-corrected chi connectivity index (χ4v) is 3.32. The molecule has 0 heterocycles. The van der Waals surface area contributed by atoms with Crippen LogP contribution in [0, 0.1) is 5.92 Å². The molecule has 0 saturated heterocycles. The molecule has 0 spiro atoms. The first-order valence-corrected chi connectivity index (χ1v) is 9.33. The molecular formula is C20H19Cl2NO4. The van der Waals surface area contributed by atoms with Crippen LogP contribution in [0.15, 0.2) is 48.5 Å². The summed E-state index contributed by atoms with van der Waals surface area (Å²) in [5.41, 5.74) is 1.66. The summed E-state index contributed by atoms with van der Waals surface area (Å²) in [5, 5.41) is 13.4. The van der Waals surface area contributed by atoms with Gasteiger partial charge in [-0.25, -0.2) is 4.79 Å². The molecule has 5 nitrogen and oxygen atoms in total. The number of hydrogen-bond acceptors (Lipinski definition) is 4. The molecule has 1 aliphatic rings. The number of carbonyl (C=O) groups is 2. The van der Waals surface area contributed by atoms with E-state index in [-0.39, 0.29) is 30.9 Å². The van der Waals surface area contributed by atoms with Crippen LogP contribution in [0.1, 0.15) is 23.5 Å². The Kier molecular flexibility index (Phi) is 6.37. The molecule has 1 amide bonds. The Morgan fingerprint density at radius 2 is 1.89 bits per heavy atom. The van der Waals surface area contributed by atoms with E-state index in [1.165, 1.54) is 0 Å². The summed E-state index contributed by atoms with van der Waals surface area (Å²) in [7, 11) is 0. The number of hydrogen-bond donors (Lipinski definition) is 2. The largest absolute Gasteiger partial charge is 0.459 e. The number of aliphatic hydroxyl groups excluding tert-OH is 1. The van der Waals surface area contributed by atoms with Crippen LogP contribution in [0.25, 0.3) is 0 Å². The molecule has 27 heavy (non-hydrogen) atoms. The first-order valence-electron chi connectivity index (χ1n) is 8.57. The lowest BCUT2D eigenvalue weighted by molar-refractivity contribution is -0.154. The van der Waals surface area contributed by atoms with Crippen molar-refractivity contribution in [1.82, 2.24) is 5.32 Å². The molecule has 2 N–H and O–H groups in total. The first-order chi connectivity index (χ1) is 13.0. The molecule has 2 aromatic carbocycles. The molecule has 0 aromatic heterocycles. The molecule has 142 valence electrons. The summed E-state index contributed by atoms with van der Waals surface area (Å²) in [5.74, 6) is -1.25. The minimum Gasteiger partial charge on any atom is -0.459 e. The lowest BCUT2D eigenvalue weighted by atomic mass is 10.1. The summed E-state index contributed by atoms with van der Waals surface area (Å²) >= 11 is 12.2. The molecule has 1 fully saturated rings. The monoisotopic (exact) mass is 407 g/mol. The topological polar surface area (TPSA) is 75.6 Å². The fourth-order valence-electron chi connectivity index (χ4n) is 2.87. The second-order valence-electron chi connectivity index (χ2n) is 6.45. The van der Waals surface area contributed by atoms with Gasteiger partial charge in [-0.2, -0.15) is 0 Å². The SMILES string of the molecule is O=C(OCc1ccccc1)C(O)CNC(=O)C1CC1c1cccc(Cl)c1Cl. The zero-order chi connectivity index (χ0) is 19.4. The van der Waals surface area contributed by atoms with Crippen LogP contribution in [-0.2, 0) is 20.9 Å². The maximum absolute atomic E-state index is 12.2. The van der Waals surface area contributed by atoms with Crippen LogP contribution in [0.2, 0.25) is 10.0 Å². The van der Waals surface area contributed by atoms with E-state index in [1.807, 2.05) is 36.4 Å². The van der Waals surface area contributed by atoms with Crippen LogP contribution in [0.3, 0.4) is 0 Å². The molecule has 0 radical (unpaired) electrons. The van der Waals surface area contributed by atoms with Gasteiger partial charge in [-0.1, -0.05) is 65.7 Å².